The number of imide groups is 1. The van der Waals surface area contributed by atoms with E-state index in [-0.39, 0.29) is 28.4 Å². The fourth-order valence-electron chi connectivity index (χ4n) is 2.66. The summed E-state index contributed by atoms with van der Waals surface area (Å²) in [5.41, 5.74) is 0.112. The second kappa shape index (κ2) is 7.16. The highest BCUT2D eigenvalue weighted by molar-refractivity contribution is 6.28. The molecule has 1 heterocycles. The van der Waals surface area contributed by atoms with Crippen molar-refractivity contribution in [2.45, 2.75) is 0 Å². The highest BCUT2D eigenvalue weighted by atomic mass is 16.6. The summed E-state index contributed by atoms with van der Waals surface area (Å²) < 4.78 is 10.2. The van der Waals surface area contributed by atoms with E-state index >= 15 is 0 Å². The Balaban J connectivity index is 2.05. The molecule has 3 rings (SSSR count). The van der Waals surface area contributed by atoms with Gasteiger partial charge in [-0.1, -0.05) is 18.2 Å². The van der Waals surface area contributed by atoms with Crippen molar-refractivity contribution in [1.29, 1.82) is 0 Å². The summed E-state index contributed by atoms with van der Waals surface area (Å²) in [5.74, 6) is -0.180. The van der Waals surface area contributed by atoms with Crippen LogP contribution < -0.4 is 19.7 Å². The Kier molecular flexibility index (Phi) is 4.75. The average Bonchev–Trinajstić information content (AvgIpc) is 2.95. The van der Waals surface area contributed by atoms with E-state index in [2.05, 4.69) is 5.32 Å². The third-order valence-electron chi connectivity index (χ3n) is 3.92. The lowest BCUT2D eigenvalue weighted by Crippen LogP contribution is -2.30. The summed E-state index contributed by atoms with van der Waals surface area (Å²) >= 11 is 0. The van der Waals surface area contributed by atoms with Crippen molar-refractivity contribution in [1.82, 2.24) is 5.32 Å². The molecule has 1 aliphatic heterocycles. The molecule has 1 aliphatic rings. The predicted molar refractivity (Wildman–Crippen MR) is 96.6 cm³/mol. The number of anilines is 1. The van der Waals surface area contributed by atoms with Crippen LogP contribution in [0.1, 0.15) is 5.56 Å². The number of nitro groups is 1. The number of nitrogens with one attached hydrogen (secondary N) is 1. The van der Waals surface area contributed by atoms with Crippen molar-refractivity contribution >= 4 is 29.4 Å². The molecular weight excluding hydrogens is 354 g/mol. The van der Waals surface area contributed by atoms with Gasteiger partial charge in [-0.3, -0.25) is 14.9 Å². The van der Waals surface area contributed by atoms with Crippen molar-refractivity contribution < 1.29 is 24.0 Å². The van der Waals surface area contributed by atoms with Crippen LogP contribution >= 0.6 is 0 Å². The predicted octanol–water partition coefficient (Wildman–Crippen LogP) is 2.71. The van der Waals surface area contributed by atoms with E-state index in [1.54, 1.807) is 30.3 Å². The van der Waals surface area contributed by atoms with E-state index in [4.69, 9.17) is 9.47 Å². The highest BCUT2D eigenvalue weighted by Gasteiger charge is 2.35. The van der Waals surface area contributed by atoms with Crippen LogP contribution in [0.3, 0.4) is 0 Å². The molecule has 0 saturated carbocycles. The van der Waals surface area contributed by atoms with Crippen molar-refractivity contribution in [2.24, 2.45) is 0 Å². The summed E-state index contributed by atoms with van der Waals surface area (Å²) in [6.07, 6.45) is 1.24. The third-order valence-corrected chi connectivity index (χ3v) is 3.92. The molecule has 0 unspecified atom stereocenters. The molecule has 0 aliphatic carbocycles. The Bertz CT molecular complexity index is 955. The van der Waals surface area contributed by atoms with Crippen molar-refractivity contribution in [3.05, 3.63) is 63.8 Å². The number of urea groups is 1. The molecule has 27 heavy (non-hydrogen) atoms. The minimum atomic E-state index is -0.638. The van der Waals surface area contributed by atoms with Crippen molar-refractivity contribution in [3.63, 3.8) is 0 Å². The van der Waals surface area contributed by atoms with Crippen LogP contribution in [0.15, 0.2) is 48.2 Å². The Morgan fingerprint density at radius 1 is 1.07 bits per heavy atom. The molecular formula is C18H15N3O6. The van der Waals surface area contributed by atoms with Gasteiger partial charge in [-0.25, -0.2) is 9.69 Å². The number of ether oxygens (including phenoxy) is 2. The second-order valence-electron chi connectivity index (χ2n) is 5.49. The van der Waals surface area contributed by atoms with Crippen molar-refractivity contribution in [2.75, 3.05) is 19.1 Å². The molecule has 0 spiro atoms. The molecule has 0 atom stereocenters. The molecule has 2 aromatic carbocycles. The number of methoxy groups -OCH3 is 2. The monoisotopic (exact) mass is 369 g/mol. The van der Waals surface area contributed by atoms with E-state index in [1.807, 2.05) is 0 Å². The smallest absolute Gasteiger partial charge is 0.333 e. The second-order valence-corrected chi connectivity index (χ2v) is 5.49. The van der Waals surface area contributed by atoms with Gasteiger partial charge in [-0.15, -0.1) is 0 Å². The van der Waals surface area contributed by atoms with E-state index in [9.17, 15) is 19.7 Å². The number of para-hydroxylation sites is 1. The standard InChI is InChI=1S/C18H15N3O6/c1-26-15-9-11(14(21(24)25)10-16(15)27-2)8-13-17(22)20(18(23)19-13)12-6-4-3-5-7-12/h3-10H,1-2H3,(H,19,23)/b13-8-. The number of hydrogen-bond donors (Lipinski definition) is 1. The first-order valence-corrected chi connectivity index (χ1v) is 7.79. The van der Waals surface area contributed by atoms with Crippen LogP contribution in [0.2, 0.25) is 0 Å². The summed E-state index contributed by atoms with van der Waals surface area (Å²) in [4.78, 5) is 36.6. The van der Waals surface area contributed by atoms with Crippen LogP contribution in [0.4, 0.5) is 16.2 Å². The summed E-state index contributed by atoms with van der Waals surface area (Å²) in [5, 5.41) is 13.8. The number of rotatable bonds is 5. The van der Waals surface area contributed by atoms with Gasteiger partial charge < -0.3 is 14.8 Å². The van der Waals surface area contributed by atoms with Gasteiger partial charge in [0, 0.05) is 0 Å². The maximum Gasteiger partial charge on any atom is 0.333 e. The van der Waals surface area contributed by atoms with Crippen LogP contribution in [0.5, 0.6) is 11.5 Å². The van der Waals surface area contributed by atoms with Crippen molar-refractivity contribution in [3.8, 4) is 11.5 Å². The Morgan fingerprint density at radius 2 is 1.70 bits per heavy atom. The minimum Gasteiger partial charge on any atom is -0.493 e. The van der Waals surface area contributed by atoms with Crippen LogP contribution in [-0.4, -0.2) is 31.1 Å². The van der Waals surface area contributed by atoms with Gasteiger partial charge >= 0.3 is 6.03 Å². The Hall–Kier alpha value is -3.88. The van der Waals surface area contributed by atoms with Gasteiger partial charge in [0.05, 0.1) is 36.5 Å². The number of carbonyl (C=O) groups is 2. The molecule has 138 valence electrons. The van der Waals surface area contributed by atoms with E-state index in [0.717, 1.165) is 4.90 Å². The van der Waals surface area contributed by atoms with Gasteiger partial charge in [0.25, 0.3) is 11.6 Å². The summed E-state index contributed by atoms with van der Waals surface area (Å²) in [7, 11) is 2.75. The van der Waals surface area contributed by atoms with Gasteiger partial charge in [0.1, 0.15) is 5.70 Å². The molecule has 0 aromatic heterocycles. The van der Waals surface area contributed by atoms with Gasteiger partial charge in [-0.05, 0) is 24.3 Å². The molecule has 3 amide bonds. The zero-order valence-electron chi connectivity index (χ0n) is 14.5. The van der Waals surface area contributed by atoms with Crippen LogP contribution in [0.25, 0.3) is 6.08 Å². The molecule has 0 bridgehead atoms. The summed E-state index contributed by atoms with van der Waals surface area (Å²) in [6, 6.07) is 10.3. The minimum absolute atomic E-state index is 0.0841. The lowest BCUT2D eigenvalue weighted by Gasteiger charge is -2.11. The molecule has 2 aromatic rings. The first-order valence-electron chi connectivity index (χ1n) is 7.79. The largest absolute Gasteiger partial charge is 0.493 e. The number of nitro benzene ring substituents is 1. The topological polar surface area (TPSA) is 111 Å². The first-order chi connectivity index (χ1) is 13.0. The van der Waals surface area contributed by atoms with Crippen LogP contribution in [-0.2, 0) is 4.79 Å². The zero-order chi connectivity index (χ0) is 19.6. The van der Waals surface area contributed by atoms with Crippen LogP contribution in [0, 0.1) is 10.1 Å². The molecule has 9 heteroatoms. The number of hydrogen-bond acceptors (Lipinski definition) is 6. The van der Waals surface area contributed by atoms with E-state index < -0.39 is 16.9 Å². The number of amides is 3. The fourth-order valence-corrected chi connectivity index (χ4v) is 2.66. The molecule has 1 fully saturated rings. The quantitative estimate of drug-likeness (QED) is 0.375. The van der Waals surface area contributed by atoms with E-state index in [1.165, 1.54) is 32.4 Å². The lowest BCUT2D eigenvalue weighted by molar-refractivity contribution is -0.385. The molecule has 1 N–H and O–H groups in total. The fraction of sp³-hybridized carbons (Fsp3) is 0.111. The number of benzene rings is 2. The maximum absolute atomic E-state index is 12.6. The average molecular weight is 369 g/mol. The Labute approximate surface area is 153 Å². The normalized spacial score (nSPS) is 15.0. The summed E-state index contributed by atoms with van der Waals surface area (Å²) in [6.45, 7) is 0. The Morgan fingerprint density at radius 3 is 2.30 bits per heavy atom. The number of carbonyl (C=O) groups excluding carboxylic acids is 2. The zero-order valence-corrected chi connectivity index (χ0v) is 14.5. The van der Waals surface area contributed by atoms with Gasteiger partial charge in [0.2, 0.25) is 0 Å². The SMILES string of the molecule is COc1cc(/C=C2\NC(=O)N(c3ccccc3)C2=O)c([N+](=O)[O-])cc1OC. The lowest BCUT2D eigenvalue weighted by atomic mass is 10.1. The third kappa shape index (κ3) is 3.30. The van der Waals surface area contributed by atoms with Gasteiger partial charge in [0.15, 0.2) is 11.5 Å². The first kappa shape index (κ1) is 17.9. The maximum atomic E-state index is 12.6. The van der Waals surface area contributed by atoms with Gasteiger partial charge in [-0.2, -0.15) is 0 Å². The molecule has 9 nitrogen and oxygen atoms in total. The number of nitrogens with zero attached hydrogens (tertiary/aromatic N) is 2. The van der Waals surface area contributed by atoms with E-state index in [0.29, 0.717) is 5.69 Å². The molecule has 0 radical (unpaired) electrons. The highest BCUT2D eigenvalue weighted by Crippen LogP contribution is 2.36. The molecule has 1 saturated heterocycles.